The van der Waals surface area contributed by atoms with Gasteiger partial charge in [-0.1, -0.05) is 48.7 Å². The molecule has 4 aromatic rings. The van der Waals surface area contributed by atoms with E-state index < -0.39 is 5.76 Å². The van der Waals surface area contributed by atoms with Crippen LogP contribution in [0.15, 0.2) is 33.6 Å². The van der Waals surface area contributed by atoms with Crippen LogP contribution in [0, 0.1) is 11.8 Å². The quantitative estimate of drug-likeness (QED) is 0.292. The Kier molecular flexibility index (Phi) is 8.10. The fourth-order valence-electron chi connectivity index (χ4n) is 6.43. The third kappa shape index (κ3) is 5.62. The molecule has 0 unspecified atom stereocenters. The number of hydrogen-bond donors (Lipinski definition) is 1. The topological polar surface area (TPSA) is 124 Å². The third-order valence-corrected chi connectivity index (χ3v) is 8.71. The molecule has 1 aliphatic carbocycles. The first-order chi connectivity index (χ1) is 19.9. The van der Waals surface area contributed by atoms with Crippen LogP contribution in [0.1, 0.15) is 45.4 Å². The van der Waals surface area contributed by atoms with Gasteiger partial charge < -0.3 is 18.9 Å². The number of H-pyrrole nitrogens is 1. The molecule has 1 aromatic carbocycles. The molecule has 218 valence electrons. The first-order valence-corrected chi connectivity index (χ1v) is 14.7. The van der Waals surface area contributed by atoms with Crippen molar-refractivity contribution < 1.29 is 14.0 Å². The molecule has 11 nitrogen and oxygen atoms in total. The summed E-state index contributed by atoms with van der Waals surface area (Å²) in [5.41, 5.74) is 2.84. The van der Waals surface area contributed by atoms with Crippen LogP contribution in [-0.2, 0) is 16.0 Å². The van der Waals surface area contributed by atoms with Gasteiger partial charge in [-0.15, -0.1) is 0 Å². The second kappa shape index (κ2) is 11.9. The Morgan fingerprint density at radius 1 is 1.02 bits per heavy atom. The van der Waals surface area contributed by atoms with Crippen molar-refractivity contribution in [3.05, 3.63) is 39.8 Å². The molecule has 0 spiro atoms. The van der Waals surface area contributed by atoms with Crippen molar-refractivity contribution in [2.45, 2.75) is 64.1 Å². The molecule has 0 radical (unpaired) electrons. The van der Waals surface area contributed by atoms with E-state index in [1.165, 1.54) is 12.8 Å². The normalized spacial score (nSPS) is 23.1. The largest absolute Gasteiger partial charge is 0.439 e. The van der Waals surface area contributed by atoms with Crippen molar-refractivity contribution in [1.29, 1.82) is 0 Å². The lowest BCUT2D eigenvalue weighted by molar-refractivity contribution is 0.166. The minimum Gasteiger partial charge on any atom is -0.383 e. The van der Waals surface area contributed by atoms with E-state index >= 15 is 0 Å². The molecule has 41 heavy (non-hydrogen) atoms. The van der Waals surface area contributed by atoms with Crippen LogP contribution in [0.5, 0.6) is 0 Å². The number of aromatic nitrogens is 6. The van der Waals surface area contributed by atoms with Crippen molar-refractivity contribution in [3.8, 4) is 22.9 Å². The van der Waals surface area contributed by atoms with Crippen LogP contribution >= 0.6 is 11.6 Å². The minimum absolute atomic E-state index is 0.147. The van der Waals surface area contributed by atoms with Crippen LogP contribution < -0.4 is 10.7 Å². The van der Waals surface area contributed by atoms with Gasteiger partial charge in [-0.25, -0.2) is 14.8 Å². The van der Waals surface area contributed by atoms with E-state index in [0.29, 0.717) is 35.5 Å². The second-order valence-electron chi connectivity index (χ2n) is 11.4. The van der Waals surface area contributed by atoms with Gasteiger partial charge in [0.05, 0.1) is 25.3 Å². The average Bonchev–Trinajstić information content (AvgIpc) is 3.67. The molecule has 0 amide bonds. The zero-order valence-electron chi connectivity index (χ0n) is 23.7. The van der Waals surface area contributed by atoms with E-state index in [0.717, 1.165) is 55.2 Å². The van der Waals surface area contributed by atoms with Gasteiger partial charge in [0, 0.05) is 31.4 Å². The number of nitrogens with zero attached hydrogens (tertiary/aromatic N) is 6. The van der Waals surface area contributed by atoms with Crippen molar-refractivity contribution in [3.63, 3.8) is 0 Å². The molecule has 1 aliphatic heterocycles. The molecule has 1 saturated heterocycles. The number of halogens is 1. The standard InChI is InChI=1S/C29H36ClN7O4/c1-17-7-9-18(10-8-17)14-36-24-23(19-5-4-6-20(30)13-19)31-26(27-34-29(38)41-35-27)32-25(24)33-28(36)37-21(15-39-2)11-12-22(37)16-40-3/h4-6,13,17-18,21-22H,7-12,14-16H2,1-3H3,(H,34,35,38)/t17-,18-,21-,22-/m0/s1. The lowest BCUT2D eigenvalue weighted by Gasteiger charge is -2.33. The number of imidazole rings is 1. The van der Waals surface area contributed by atoms with Gasteiger partial charge in [0.2, 0.25) is 17.6 Å². The lowest BCUT2D eigenvalue weighted by Crippen LogP contribution is -2.42. The van der Waals surface area contributed by atoms with Gasteiger partial charge >= 0.3 is 5.76 Å². The SMILES string of the molecule is COC[C@@H]1CC[C@@H](COC)N1c1nc2nc(-c3noc(=O)[nH]3)nc(-c3cccc(Cl)c3)c2n1C[C@H]1CC[C@H](C)CC1. The van der Waals surface area contributed by atoms with Crippen LogP contribution in [-0.4, -0.2) is 69.2 Å². The average molecular weight is 582 g/mol. The predicted molar refractivity (Wildman–Crippen MR) is 156 cm³/mol. The molecular formula is C29H36ClN7O4. The summed E-state index contributed by atoms with van der Waals surface area (Å²) in [5, 5.41) is 4.45. The highest BCUT2D eigenvalue weighted by Gasteiger charge is 2.38. The number of aromatic amines is 1. The maximum Gasteiger partial charge on any atom is 0.439 e. The molecule has 2 fully saturated rings. The summed E-state index contributed by atoms with van der Waals surface area (Å²) in [7, 11) is 3.48. The number of ether oxygens (including phenoxy) is 2. The number of rotatable bonds is 9. The Balaban J connectivity index is 1.59. The van der Waals surface area contributed by atoms with Gasteiger partial charge in [-0.05, 0) is 49.7 Å². The summed E-state index contributed by atoms with van der Waals surface area (Å²) in [4.78, 5) is 31.6. The molecule has 3 aromatic heterocycles. The van der Waals surface area contributed by atoms with Gasteiger partial charge in [0.15, 0.2) is 5.65 Å². The van der Waals surface area contributed by atoms with Gasteiger partial charge in [-0.3, -0.25) is 9.51 Å². The zero-order valence-corrected chi connectivity index (χ0v) is 24.4. The molecule has 1 N–H and O–H groups in total. The fourth-order valence-corrected chi connectivity index (χ4v) is 6.62. The van der Waals surface area contributed by atoms with Gasteiger partial charge in [0.1, 0.15) is 11.2 Å². The predicted octanol–water partition coefficient (Wildman–Crippen LogP) is 4.95. The summed E-state index contributed by atoms with van der Waals surface area (Å²) in [6, 6.07) is 7.89. The fraction of sp³-hybridized carbons (Fsp3) is 0.552. The molecule has 4 heterocycles. The highest BCUT2D eigenvalue weighted by Crippen LogP contribution is 2.39. The maximum atomic E-state index is 11.8. The molecule has 0 bridgehead atoms. The van der Waals surface area contributed by atoms with Crippen molar-refractivity contribution >= 4 is 28.7 Å². The Morgan fingerprint density at radius 3 is 2.39 bits per heavy atom. The summed E-state index contributed by atoms with van der Waals surface area (Å²) >= 11 is 6.45. The highest BCUT2D eigenvalue weighted by atomic mass is 35.5. The van der Waals surface area contributed by atoms with E-state index in [2.05, 4.69) is 26.5 Å². The van der Waals surface area contributed by atoms with E-state index in [1.807, 2.05) is 24.3 Å². The Morgan fingerprint density at radius 2 is 1.76 bits per heavy atom. The van der Waals surface area contributed by atoms with E-state index in [1.54, 1.807) is 14.2 Å². The molecule has 2 aliphatic rings. The third-order valence-electron chi connectivity index (χ3n) is 8.48. The summed E-state index contributed by atoms with van der Waals surface area (Å²) < 4.78 is 18.4. The van der Waals surface area contributed by atoms with Crippen molar-refractivity contribution in [2.24, 2.45) is 11.8 Å². The minimum atomic E-state index is -0.673. The van der Waals surface area contributed by atoms with Crippen LogP contribution in [0.3, 0.4) is 0 Å². The highest BCUT2D eigenvalue weighted by molar-refractivity contribution is 6.30. The number of benzene rings is 1. The monoisotopic (exact) mass is 581 g/mol. The second-order valence-corrected chi connectivity index (χ2v) is 11.8. The first kappa shape index (κ1) is 27.9. The number of hydrogen-bond acceptors (Lipinski definition) is 9. The molecule has 12 heteroatoms. The van der Waals surface area contributed by atoms with E-state index in [-0.39, 0.29) is 23.7 Å². The Labute approximate surface area is 243 Å². The lowest BCUT2D eigenvalue weighted by atomic mass is 9.83. The maximum absolute atomic E-state index is 11.8. The molecule has 2 atom stereocenters. The van der Waals surface area contributed by atoms with Crippen molar-refractivity contribution in [1.82, 2.24) is 29.7 Å². The summed E-state index contributed by atoms with van der Waals surface area (Å²) in [6.07, 6.45) is 6.71. The molecule has 1 saturated carbocycles. The number of nitrogens with one attached hydrogen (secondary N) is 1. The van der Waals surface area contributed by atoms with Crippen LogP contribution in [0.25, 0.3) is 34.1 Å². The van der Waals surface area contributed by atoms with Gasteiger partial charge in [0.25, 0.3) is 0 Å². The Hall–Kier alpha value is -3.28. The van der Waals surface area contributed by atoms with E-state index in [4.69, 9.17) is 40.5 Å². The summed E-state index contributed by atoms with van der Waals surface area (Å²) in [6.45, 7) is 4.31. The first-order valence-electron chi connectivity index (χ1n) is 14.3. The van der Waals surface area contributed by atoms with Crippen molar-refractivity contribution in [2.75, 3.05) is 32.3 Å². The van der Waals surface area contributed by atoms with Crippen LogP contribution in [0.4, 0.5) is 5.95 Å². The number of anilines is 1. The van der Waals surface area contributed by atoms with E-state index in [9.17, 15) is 4.79 Å². The Bertz CT molecular complexity index is 1540. The smallest absolute Gasteiger partial charge is 0.383 e. The number of methoxy groups -OCH3 is 2. The molecule has 6 rings (SSSR count). The molecular weight excluding hydrogens is 546 g/mol. The van der Waals surface area contributed by atoms with Crippen LogP contribution in [0.2, 0.25) is 5.02 Å². The summed E-state index contributed by atoms with van der Waals surface area (Å²) in [5.74, 6) is 1.79. The number of fused-ring (bicyclic) bond motifs is 1. The van der Waals surface area contributed by atoms with Gasteiger partial charge in [-0.2, -0.15) is 4.98 Å². The zero-order chi connectivity index (χ0) is 28.5.